The Morgan fingerprint density at radius 3 is 2.00 bits per heavy atom. The van der Waals surface area contributed by atoms with Crippen LogP contribution in [0.1, 0.15) is 34.6 Å². The Morgan fingerprint density at radius 1 is 1.12 bits per heavy atom. The van der Waals surface area contributed by atoms with E-state index in [2.05, 4.69) is 26.1 Å². The molecule has 0 aliphatic carbocycles. The number of hydrogen-bond donors (Lipinski definition) is 1. The van der Waals surface area contributed by atoms with Gasteiger partial charge in [-0.1, -0.05) is 27.7 Å². The van der Waals surface area contributed by atoms with Gasteiger partial charge in [0.2, 0.25) is 10.0 Å². The van der Waals surface area contributed by atoms with E-state index in [-0.39, 0.29) is 5.75 Å². The minimum Gasteiger partial charge on any atom is -0.313 e. The Kier molecular flexibility index (Phi) is 7.19. The van der Waals surface area contributed by atoms with Gasteiger partial charge in [-0.05, 0) is 12.8 Å². The highest BCUT2D eigenvalue weighted by atomic mass is 32.2. The maximum absolute atomic E-state index is 11.8. The van der Waals surface area contributed by atoms with Gasteiger partial charge in [0, 0.05) is 25.7 Å². The molecule has 0 aliphatic heterocycles. The molecular formula is C11H26N2O2S. The van der Waals surface area contributed by atoms with Crippen LogP contribution in [0.25, 0.3) is 0 Å². The molecule has 1 atom stereocenters. The second-order valence-electron chi connectivity index (χ2n) is 4.39. The molecule has 0 rings (SSSR count). The molecule has 1 N–H and O–H groups in total. The lowest BCUT2D eigenvalue weighted by atomic mass is 10.1. The zero-order valence-corrected chi connectivity index (χ0v) is 12.0. The minimum absolute atomic E-state index is 0.186. The van der Waals surface area contributed by atoms with Crippen LogP contribution >= 0.6 is 0 Å². The predicted octanol–water partition coefficient (Wildman–Crippen LogP) is 1.29. The Bertz CT molecular complexity index is 272. The summed E-state index contributed by atoms with van der Waals surface area (Å²) in [6, 6.07) is 0.354. The van der Waals surface area contributed by atoms with E-state index in [0.29, 0.717) is 31.6 Å². The van der Waals surface area contributed by atoms with Crippen LogP contribution in [0.2, 0.25) is 0 Å². The van der Waals surface area contributed by atoms with E-state index in [1.54, 1.807) is 0 Å². The number of hydrogen-bond acceptors (Lipinski definition) is 3. The Labute approximate surface area is 100 Å². The van der Waals surface area contributed by atoms with Gasteiger partial charge < -0.3 is 5.32 Å². The number of nitrogens with zero attached hydrogens (tertiary/aromatic N) is 1. The van der Waals surface area contributed by atoms with Crippen LogP contribution in [0, 0.1) is 5.92 Å². The fourth-order valence-corrected chi connectivity index (χ4v) is 2.82. The van der Waals surface area contributed by atoms with Gasteiger partial charge in [-0.3, -0.25) is 0 Å². The van der Waals surface area contributed by atoms with Crippen LogP contribution in [0.15, 0.2) is 0 Å². The summed E-state index contributed by atoms with van der Waals surface area (Å²) in [5.74, 6) is 0.710. The summed E-state index contributed by atoms with van der Waals surface area (Å²) in [5.41, 5.74) is 0. The molecule has 0 spiro atoms. The van der Waals surface area contributed by atoms with Crippen molar-refractivity contribution >= 4 is 10.0 Å². The Morgan fingerprint density at radius 2 is 1.62 bits per heavy atom. The van der Waals surface area contributed by atoms with Crippen molar-refractivity contribution in [1.82, 2.24) is 9.62 Å². The van der Waals surface area contributed by atoms with Gasteiger partial charge in [-0.25, -0.2) is 12.7 Å². The summed E-state index contributed by atoms with van der Waals surface area (Å²) in [5, 5.41) is 3.24. The summed E-state index contributed by atoms with van der Waals surface area (Å²) in [6.07, 6.45) is 0. The highest BCUT2D eigenvalue weighted by Crippen LogP contribution is 2.02. The second kappa shape index (κ2) is 7.25. The number of rotatable bonds is 8. The average Bonchev–Trinajstić information content (AvgIpc) is 2.18. The Hall–Kier alpha value is -0.130. The predicted molar refractivity (Wildman–Crippen MR) is 69.0 cm³/mol. The van der Waals surface area contributed by atoms with Gasteiger partial charge in [-0.15, -0.1) is 0 Å². The van der Waals surface area contributed by atoms with E-state index >= 15 is 0 Å². The standard InChI is InChI=1S/C11H26N2O2S/c1-6-13(7-2)16(14,15)9-8-12-11(5)10(3)4/h10-12H,6-9H2,1-5H3. The molecule has 0 aromatic heterocycles. The van der Waals surface area contributed by atoms with Gasteiger partial charge >= 0.3 is 0 Å². The van der Waals surface area contributed by atoms with Crippen molar-refractivity contribution in [2.45, 2.75) is 40.7 Å². The van der Waals surface area contributed by atoms with Crippen molar-refractivity contribution in [2.75, 3.05) is 25.4 Å². The summed E-state index contributed by atoms with van der Waals surface area (Å²) in [7, 11) is -3.07. The third-order valence-corrected chi connectivity index (χ3v) is 4.95. The molecule has 0 radical (unpaired) electrons. The summed E-state index contributed by atoms with van der Waals surface area (Å²) in [6.45, 7) is 11.7. The van der Waals surface area contributed by atoms with Crippen molar-refractivity contribution in [3.63, 3.8) is 0 Å². The first-order valence-corrected chi connectivity index (χ1v) is 7.67. The van der Waals surface area contributed by atoms with Gasteiger partial charge in [0.25, 0.3) is 0 Å². The summed E-state index contributed by atoms with van der Waals surface area (Å²) in [4.78, 5) is 0. The van der Waals surface area contributed by atoms with Crippen LogP contribution in [-0.2, 0) is 10.0 Å². The highest BCUT2D eigenvalue weighted by Gasteiger charge is 2.18. The molecule has 0 bridgehead atoms. The van der Waals surface area contributed by atoms with Crippen LogP contribution in [0.5, 0.6) is 0 Å². The molecular weight excluding hydrogens is 224 g/mol. The first-order chi connectivity index (χ1) is 7.35. The topological polar surface area (TPSA) is 49.4 Å². The first kappa shape index (κ1) is 15.9. The molecule has 0 aromatic rings. The quantitative estimate of drug-likeness (QED) is 0.706. The van der Waals surface area contributed by atoms with Crippen molar-refractivity contribution in [3.05, 3.63) is 0 Å². The van der Waals surface area contributed by atoms with E-state index in [0.717, 1.165) is 0 Å². The maximum Gasteiger partial charge on any atom is 0.215 e. The van der Waals surface area contributed by atoms with Gasteiger partial charge in [0.05, 0.1) is 5.75 Å². The lowest BCUT2D eigenvalue weighted by Gasteiger charge is -2.21. The molecule has 5 heteroatoms. The monoisotopic (exact) mass is 250 g/mol. The molecule has 0 aromatic carbocycles. The molecule has 0 saturated carbocycles. The third-order valence-electron chi connectivity index (χ3n) is 2.93. The first-order valence-electron chi connectivity index (χ1n) is 6.06. The fourth-order valence-electron chi connectivity index (χ4n) is 1.40. The molecule has 0 saturated heterocycles. The van der Waals surface area contributed by atoms with Gasteiger partial charge in [0.15, 0.2) is 0 Å². The van der Waals surface area contributed by atoms with E-state index in [9.17, 15) is 8.42 Å². The molecule has 98 valence electrons. The van der Waals surface area contributed by atoms with E-state index in [1.807, 2.05) is 13.8 Å². The minimum atomic E-state index is -3.07. The van der Waals surface area contributed by atoms with Crippen LogP contribution in [-0.4, -0.2) is 44.2 Å². The Balaban J connectivity index is 4.10. The van der Waals surface area contributed by atoms with Gasteiger partial charge in [0.1, 0.15) is 0 Å². The van der Waals surface area contributed by atoms with Crippen LogP contribution in [0.4, 0.5) is 0 Å². The zero-order valence-electron chi connectivity index (χ0n) is 11.2. The largest absolute Gasteiger partial charge is 0.313 e. The summed E-state index contributed by atoms with van der Waals surface area (Å²) < 4.78 is 25.2. The van der Waals surface area contributed by atoms with E-state index in [4.69, 9.17) is 0 Å². The lowest BCUT2D eigenvalue weighted by molar-refractivity contribution is 0.424. The second-order valence-corrected chi connectivity index (χ2v) is 6.48. The SMILES string of the molecule is CCN(CC)S(=O)(=O)CCNC(C)C(C)C. The van der Waals surface area contributed by atoms with E-state index in [1.165, 1.54) is 4.31 Å². The van der Waals surface area contributed by atoms with Crippen molar-refractivity contribution < 1.29 is 8.42 Å². The maximum atomic E-state index is 11.8. The molecule has 1 unspecified atom stereocenters. The molecule has 0 amide bonds. The van der Waals surface area contributed by atoms with Crippen molar-refractivity contribution in [3.8, 4) is 0 Å². The van der Waals surface area contributed by atoms with Crippen LogP contribution < -0.4 is 5.32 Å². The zero-order chi connectivity index (χ0) is 12.8. The van der Waals surface area contributed by atoms with E-state index < -0.39 is 10.0 Å². The molecule has 4 nitrogen and oxygen atoms in total. The molecule has 0 heterocycles. The smallest absolute Gasteiger partial charge is 0.215 e. The average molecular weight is 250 g/mol. The van der Waals surface area contributed by atoms with Crippen molar-refractivity contribution in [2.24, 2.45) is 5.92 Å². The van der Waals surface area contributed by atoms with Crippen LogP contribution in [0.3, 0.4) is 0 Å². The highest BCUT2D eigenvalue weighted by molar-refractivity contribution is 7.89. The number of sulfonamides is 1. The lowest BCUT2D eigenvalue weighted by Crippen LogP contribution is -2.39. The fraction of sp³-hybridized carbons (Fsp3) is 1.00. The van der Waals surface area contributed by atoms with Gasteiger partial charge in [-0.2, -0.15) is 0 Å². The molecule has 0 aliphatic rings. The normalized spacial score (nSPS) is 14.7. The number of nitrogens with one attached hydrogen (secondary N) is 1. The third kappa shape index (κ3) is 5.27. The van der Waals surface area contributed by atoms with Crippen molar-refractivity contribution in [1.29, 1.82) is 0 Å². The summed E-state index contributed by atoms with van der Waals surface area (Å²) >= 11 is 0. The molecule has 0 fully saturated rings. The molecule has 16 heavy (non-hydrogen) atoms.